The second kappa shape index (κ2) is 3.22. The SMILES string of the molecule is CC1=CC(C[C@@]23C(=O)O[C@]4(C)CC[C@H]2CC43)NC1=O. The first-order valence-electron chi connectivity index (χ1n) is 7.18. The van der Waals surface area contributed by atoms with Crippen LogP contribution in [-0.2, 0) is 14.3 Å². The highest BCUT2D eigenvalue weighted by molar-refractivity contribution is 5.96. The number of ether oxygens (including phenoxy) is 1. The number of amides is 1. The molecule has 2 unspecified atom stereocenters. The van der Waals surface area contributed by atoms with Crippen molar-refractivity contribution >= 4 is 11.9 Å². The molecular weight excluding hydrogens is 242 g/mol. The second-order valence-electron chi connectivity index (χ2n) is 6.90. The van der Waals surface area contributed by atoms with Crippen molar-refractivity contribution in [1.29, 1.82) is 0 Å². The molecule has 3 aliphatic carbocycles. The molecule has 2 aliphatic heterocycles. The summed E-state index contributed by atoms with van der Waals surface area (Å²) in [4.78, 5) is 24.0. The highest BCUT2D eigenvalue weighted by atomic mass is 16.6. The van der Waals surface area contributed by atoms with Gasteiger partial charge >= 0.3 is 5.97 Å². The number of nitrogens with one attached hydrogen (secondary N) is 1. The summed E-state index contributed by atoms with van der Waals surface area (Å²) in [6, 6.07) is 0.00537. The van der Waals surface area contributed by atoms with E-state index in [0.29, 0.717) is 11.8 Å². The zero-order valence-electron chi connectivity index (χ0n) is 11.4. The molecule has 4 heteroatoms. The molecule has 4 bridgehead atoms. The molecule has 1 N–H and O–H groups in total. The fraction of sp³-hybridized carbons (Fsp3) is 0.733. The van der Waals surface area contributed by atoms with Gasteiger partial charge in [0.2, 0.25) is 5.91 Å². The second-order valence-corrected chi connectivity index (χ2v) is 6.90. The van der Waals surface area contributed by atoms with Crippen molar-refractivity contribution in [3.8, 4) is 0 Å². The van der Waals surface area contributed by atoms with Gasteiger partial charge in [-0.2, -0.15) is 0 Å². The van der Waals surface area contributed by atoms with Gasteiger partial charge in [0.15, 0.2) is 0 Å². The van der Waals surface area contributed by atoms with Gasteiger partial charge in [0.1, 0.15) is 5.60 Å². The van der Waals surface area contributed by atoms with E-state index in [4.69, 9.17) is 4.74 Å². The highest BCUT2D eigenvalue weighted by Crippen LogP contribution is 2.70. The third-order valence-corrected chi connectivity index (χ3v) is 5.99. The maximum atomic E-state index is 12.4. The fourth-order valence-corrected chi connectivity index (χ4v) is 4.94. The topological polar surface area (TPSA) is 55.4 Å². The number of carbonyl (C=O) groups excluding carboxylic acids is 2. The van der Waals surface area contributed by atoms with E-state index in [0.717, 1.165) is 31.3 Å². The van der Waals surface area contributed by atoms with Gasteiger partial charge in [-0.25, -0.2) is 0 Å². The van der Waals surface area contributed by atoms with Gasteiger partial charge in [0, 0.05) is 17.5 Å². The summed E-state index contributed by atoms with van der Waals surface area (Å²) in [6.45, 7) is 3.91. The quantitative estimate of drug-likeness (QED) is 0.767. The molecule has 5 aliphatic rings. The maximum Gasteiger partial charge on any atom is 0.313 e. The lowest BCUT2D eigenvalue weighted by molar-refractivity contribution is -0.155. The lowest BCUT2D eigenvalue weighted by Gasteiger charge is -2.57. The molecule has 1 saturated heterocycles. The molecule has 0 aromatic carbocycles. The molecule has 0 spiro atoms. The van der Waals surface area contributed by atoms with Crippen LogP contribution in [-0.4, -0.2) is 23.5 Å². The van der Waals surface area contributed by atoms with Crippen LogP contribution in [0.25, 0.3) is 0 Å². The molecule has 0 radical (unpaired) electrons. The van der Waals surface area contributed by atoms with Crippen LogP contribution < -0.4 is 5.32 Å². The van der Waals surface area contributed by atoms with Gasteiger partial charge < -0.3 is 10.1 Å². The Hall–Kier alpha value is -1.32. The lowest BCUT2D eigenvalue weighted by Crippen LogP contribution is -2.60. The Morgan fingerprint density at radius 1 is 1.47 bits per heavy atom. The van der Waals surface area contributed by atoms with E-state index in [-0.39, 0.29) is 28.9 Å². The first kappa shape index (κ1) is 11.5. The van der Waals surface area contributed by atoms with Crippen molar-refractivity contribution in [2.24, 2.45) is 17.3 Å². The number of rotatable bonds is 2. The van der Waals surface area contributed by atoms with Crippen molar-refractivity contribution in [2.75, 3.05) is 0 Å². The van der Waals surface area contributed by atoms with Crippen LogP contribution in [0.15, 0.2) is 11.6 Å². The molecular formula is C15H19NO3. The van der Waals surface area contributed by atoms with E-state index in [1.54, 1.807) is 0 Å². The van der Waals surface area contributed by atoms with E-state index in [1.165, 1.54) is 0 Å². The van der Waals surface area contributed by atoms with E-state index in [1.807, 2.05) is 13.0 Å². The number of hydrogen-bond acceptors (Lipinski definition) is 3. The Balaban J connectivity index is 1.65. The molecule has 4 fully saturated rings. The Morgan fingerprint density at radius 2 is 2.26 bits per heavy atom. The third-order valence-electron chi connectivity index (χ3n) is 5.99. The highest BCUT2D eigenvalue weighted by Gasteiger charge is 2.75. The summed E-state index contributed by atoms with van der Waals surface area (Å²) < 4.78 is 5.72. The molecule has 0 aromatic rings. The Kier molecular flexibility index (Phi) is 1.95. The van der Waals surface area contributed by atoms with Crippen molar-refractivity contribution < 1.29 is 14.3 Å². The summed E-state index contributed by atoms with van der Waals surface area (Å²) >= 11 is 0. The molecule has 19 heavy (non-hydrogen) atoms. The number of fused-ring (bicyclic) bond motifs is 1. The van der Waals surface area contributed by atoms with Crippen LogP contribution in [0, 0.1) is 17.3 Å². The zero-order chi connectivity index (χ0) is 13.4. The van der Waals surface area contributed by atoms with E-state index in [9.17, 15) is 9.59 Å². The Morgan fingerprint density at radius 3 is 2.89 bits per heavy atom. The van der Waals surface area contributed by atoms with Gasteiger partial charge in [0.25, 0.3) is 0 Å². The Labute approximate surface area is 112 Å². The molecule has 3 saturated carbocycles. The van der Waals surface area contributed by atoms with Crippen LogP contribution in [0.4, 0.5) is 0 Å². The van der Waals surface area contributed by atoms with Crippen LogP contribution >= 0.6 is 0 Å². The Bertz CT molecular complexity index is 523. The molecule has 4 nitrogen and oxygen atoms in total. The molecule has 102 valence electrons. The van der Waals surface area contributed by atoms with Crippen LogP contribution in [0.2, 0.25) is 0 Å². The van der Waals surface area contributed by atoms with Gasteiger partial charge in [-0.15, -0.1) is 0 Å². The van der Waals surface area contributed by atoms with Crippen molar-refractivity contribution in [1.82, 2.24) is 5.32 Å². The van der Waals surface area contributed by atoms with Gasteiger partial charge in [-0.05, 0) is 45.4 Å². The van der Waals surface area contributed by atoms with Gasteiger partial charge in [0.05, 0.1) is 5.41 Å². The lowest BCUT2D eigenvalue weighted by atomic mass is 9.43. The van der Waals surface area contributed by atoms with Crippen LogP contribution in [0.1, 0.15) is 39.5 Å². The number of carbonyl (C=O) groups is 2. The molecule has 1 amide bonds. The third kappa shape index (κ3) is 1.20. The van der Waals surface area contributed by atoms with E-state index < -0.39 is 0 Å². The summed E-state index contributed by atoms with van der Waals surface area (Å²) in [6.07, 6.45) is 5.89. The van der Waals surface area contributed by atoms with Crippen molar-refractivity contribution in [3.05, 3.63) is 11.6 Å². The summed E-state index contributed by atoms with van der Waals surface area (Å²) in [5.41, 5.74) is 0.208. The van der Waals surface area contributed by atoms with Crippen LogP contribution in [0.5, 0.6) is 0 Å². The summed E-state index contributed by atoms with van der Waals surface area (Å²) in [5, 5.41) is 2.96. The standard InChI is InChI=1S/C15H19NO3/c1-8-5-10(16-12(8)17)7-15-9-3-4-14(2,11(15)6-9)19-13(15)18/h5,9-11H,3-4,6-7H2,1-2H3,(H,16,17)/t9-,10?,11?,14+,15+/m0/s1. The van der Waals surface area contributed by atoms with Crippen molar-refractivity contribution in [2.45, 2.75) is 51.2 Å². The molecule has 0 aromatic heterocycles. The number of esters is 1. The first-order valence-corrected chi connectivity index (χ1v) is 7.18. The minimum Gasteiger partial charge on any atom is -0.459 e. The maximum absolute atomic E-state index is 12.4. The molecule has 5 rings (SSSR count). The average Bonchev–Trinajstić information content (AvgIpc) is 2.67. The van der Waals surface area contributed by atoms with E-state index in [2.05, 4.69) is 12.2 Å². The largest absolute Gasteiger partial charge is 0.459 e. The predicted molar refractivity (Wildman–Crippen MR) is 68.1 cm³/mol. The number of hydrogen-bond donors (Lipinski definition) is 1. The predicted octanol–water partition coefficient (Wildman–Crippen LogP) is 1.55. The van der Waals surface area contributed by atoms with Gasteiger partial charge in [-0.1, -0.05) is 6.08 Å². The average molecular weight is 261 g/mol. The minimum absolute atomic E-state index is 0.00000827. The minimum atomic E-state index is -0.313. The normalized spacial score (nSPS) is 50.4. The first-order chi connectivity index (χ1) is 8.95. The zero-order valence-corrected chi connectivity index (χ0v) is 11.4. The van der Waals surface area contributed by atoms with Gasteiger partial charge in [-0.3, -0.25) is 9.59 Å². The summed E-state index contributed by atoms with van der Waals surface area (Å²) in [7, 11) is 0. The molecule has 2 heterocycles. The monoisotopic (exact) mass is 261 g/mol. The van der Waals surface area contributed by atoms with E-state index >= 15 is 0 Å². The molecule has 5 atom stereocenters. The summed E-state index contributed by atoms with van der Waals surface area (Å²) in [5.74, 6) is 0.810. The van der Waals surface area contributed by atoms with Crippen molar-refractivity contribution in [3.63, 3.8) is 0 Å². The smallest absolute Gasteiger partial charge is 0.313 e. The fourth-order valence-electron chi connectivity index (χ4n) is 4.94. The van der Waals surface area contributed by atoms with Crippen LogP contribution in [0.3, 0.4) is 0 Å².